The predicted molar refractivity (Wildman–Crippen MR) is 61.9 cm³/mol. The summed E-state index contributed by atoms with van der Waals surface area (Å²) in [5.41, 5.74) is 0. The third-order valence-electron chi connectivity index (χ3n) is 3.88. The van der Waals surface area contributed by atoms with E-state index in [1.165, 1.54) is 26.1 Å². The van der Waals surface area contributed by atoms with Gasteiger partial charge in [-0.25, -0.2) is 0 Å². The van der Waals surface area contributed by atoms with Crippen LogP contribution in [0.3, 0.4) is 0 Å². The van der Waals surface area contributed by atoms with Gasteiger partial charge in [-0.15, -0.1) is 0 Å². The van der Waals surface area contributed by atoms with Crippen molar-refractivity contribution >= 4 is 0 Å². The third-order valence-corrected chi connectivity index (χ3v) is 3.88. The second-order valence-corrected chi connectivity index (χ2v) is 5.33. The summed E-state index contributed by atoms with van der Waals surface area (Å²) >= 11 is 0. The summed E-state index contributed by atoms with van der Waals surface area (Å²) in [5, 5.41) is 13.1. The van der Waals surface area contributed by atoms with Crippen molar-refractivity contribution in [1.29, 1.82) is 0 Å². The fourth-order valence-corrected chi connectivity index (χ4v) is 2.81. The van der Waals surface area contributed by atoms with Crippen molar-refractivity contribution < 1.29 is 5.11 Å². The van der Waals surface area contributed by atoms with E-state index >= 15 is 0 Å². The molecule has 0 aromatic heterocycles. The van der Waals surface area contributed by atoms with Crippen LogP contribution in [0.4, 0.5) is 0 Å². The molecule has 1 aliphatic heterocycles. The standard InChI is InChI=1S/C12H24N2O/c1-14-7-6-10(9-14)8-13-11-2-4-12(15)5-3-11/h10-13,15H,2-9H2,1H3. The smallest absolute Gasteiger partial charge is 0.0541 e. The lowest BCUT2D eigenvalue weighted by Gasteiger charge is -2.27. The molecule has 1 heterocycles. The zero-order valence-electron chi connectivity index (χ0n) is 9.78. The van der Waals surface area contributed by atoms with Gasteiger partial charge < -0.3 is 15.3 Å². The largest absolute Gasteiger partial charge is 0.393 e. The van der Waals surface area contributed by atoms with E-state index in [1.54, 1.807) is 0 Å². The van der Waals surface area contributed by atoms with E-state index in [9.17, 15) is 5.11 Å². The molecular weight excluding hydrogens is 188 g/mol. The van der Waals surface area contributed by atoms with Crippen molar-refractivity contribution in [1.82, 2.24) is 10.2 Å². The quantitative estimate of drug-likeness (QED) is 0.727. The Morgan fingerprint density at radius 1 is 1.20 bits per heavy atom. The Kier molecular flexibility index (Phi) is 4.00. The van der Waals surface area contributed by atoms with Crippen molar-refractivity contribution in [3.63, 3.8) is 0 Å². The van der Waals surface area contributed by atoms with Gasteiger partial charge in [0.2, 0.25) is 0 Å². The Morgan fingerprint density at radius 2 is 1.93 bits per heavy atom. The molecule has 2 rings (SSSR count). The van der Waals surface area contributed by atoms with Gasteiger partial charge in [0.1, 0.15) is 0 Å². The minimum Gasteiger partial charge on any atom is -0.393 e. The molecule has 3 heteroatoms. The van der Waals surface area contributed by atoms with Crippen LogP contribution in [0, 0.1) is 5.92 Å². The number of nitrogens with zero attached hydrogens (tertiary/aromatic N) is 1. The molecule has 2 fully saturated rings. The van der Waals surface area contributed by atoms with Crippen LogP contribution < -0.4 is 5.32 Å². The minimum absolute atomic E-state index is 0.0272. The number of hydrogen-bond donors (Lipinski definition) is 2. The molecular formula is C12H24N2O. The topological polar surface area (TPSA) is 35.5 Å². The monoisotopic (exact) mass is 212 g/mol. The van der Waals surface area contributed by atoms with Crippen LogP contribution >= 0.6 is 0 Å². The number of aliphatic hydroxyl groups is 1. The van der Waals surface area contributed by atoms with Gasteiger partial charge in [0.15, 0.2) is 0 Å². The van der Waals surface area contributed by atoms with Crippen LogP contribution in [-0.2, 0) is 0 Å². The van der Waals surface area contributed by atoms with Crippen molar-refractivity contribution in [2.75, 3.05) is 26.7 Å². The van der Waals surface area contributed by atoms with E-state index in [0.717, 1.165) is 31.6 Å². The van der Waals surface area contributed by atoms with Gasteiger partial charge in [-0.3, -0.25) is 0 Å². The van der Waals surface area contributed by atoms with Crippen molar-refractivity contribution in [2.45, 2.75) is 44.2 Å². The Balaban J connectivity index is 1.61. The molecule has 1 saturated carbocycles. The molecule has 1 aliphatic carbocycles. The second-order valence-electron chi connectivity index (χ2n) is 5.33. The molecule has 0 amide bonds. The molecule has 0 aromatic carbocycles. The Hall–Kier alpha value is -0.120. The summed E-state index contributed by atoms with van der Waals surface area (Å²) in [6, 6.07) is 0.666. The van der Waals surface area contributed by atoms with Gasteiger partial charge in [0, 0.05) is 12.6 Å². The highest BCUT2D eigenvalue weighted by atomic mass is 16.3. The first-order valence-electron chi connectivity index (χ1n) is 6.34. The van der Waals surface area contributed by atoms with E-state index < -0.39 is 0 Å². The summed E-state index contributed by atoms with van der Waals surface area (Å²) in [6.45, 7) is 3.68. The van der Waals surface area contributed by atoms with Crippen LogP contribution in [0.1, 0.15) is 32.1 Å². The number of hydrogen-bond acceptors (Lipinski definition) is 3. The third kappa shape index (κ3) is 3.44. The van der Waals surface area contributed by atoms with Crippen molar-refractivity contribution in [2.24, 2.45) is 5.92 Å². The number of aliphatic hydroxyl groups excluding tert-OH is 1. The summed E-state index contributed by atoms with van der Waals surface area (Å²) < 4.78 is 0. The fraction of sp³-hybridized carbons (Fsp3) is 1.00. The van der Waals surface area contributed by atoms with Gasteiger partial charge in [0.05, 0.1) is 6.10 Å². The lowest BCUT2D eigenvalue weighted by Crippen LogP contribution is -2.37. The molecule has 0 bridgehead atoms. The van der Waals surface area contributed by atoms with E-state index in [1.807, 2.05) is 0 Å². The lowest BCUT2D eigenvalue weighted by atomic mass is 9.93. The lowest BCUT2D eigenvalue weighted by molar-refractivity contribution is 0.116. The van der Waals surface area contributed by atoms with Crippen LogP contribution in [0.25, 0.3) is 0 Å². The van der Waals surface area contributed by atoms with Crippen molar-refractivity contribution in [3.05, 3.63) is 0 Å². The SMILES string of the molecule is CN1CCC(CNC2CCC(O)CC2)C1. The van der Waals surface area contributed by atoms with Gasteiger partial charge in [-0.1, -0.05) is 0 Å². The number of nitrogens with one attached hydrogen (secondary N) is 1. The Bertz CT molecular complexity index is 190. The zero-order chi connectivity index (χ0) is 10.7. The van der Waals surface area contributed by atoms with Gasteiger partial charge in [-0.05, 0) is 58.2 Å². The first-order chi connectivity index (χ1) is 7.24. The molecule has 15 heavy (non-hydrogen) atoms. The Morgan fingerprint density at radius 3 is 2.53 bits per heavy atom. The van der Waals surface area contributed by atoms with E-state index in [4.69, 9.17) is 0 Å². The summed E-state index contributed by atoms with van der Waals surface area (Å²) in [4.78, 5) is 2.41. The normalized spacial score (nSPS) is 38.4. The van der Waals surface area contributed by atoms with Crippen LogP contribution in [0.5, 0.6) is 0 Å². The van der Waals surface area contributed by atoms with E-state index in [2.05, 4.69) is 17.3 Å². The molecule has 0 spiro atoms. The molecule has 0 aromatic rings. The summed E-state index contributed by atoms with van der Waals surface area (Å²) in [7, 11) is 2.21. The number of likely N-dealkylation sites (tertiary alicyclic amines) is 1. The molecule has 2 aliphatic rings. The van der Waals surface area contributed by atoms with Crippen LogP contribution in [-0.4, -0.2) is 48.8 Å². The minimum atomic E-state index is -0.0272. The highest BCUT2D eigenvalue weighted by Gasteiger charge is 2.22. The highest BCUT2D eigenvalue weighted by Crippen LogP contribution is 2.19. The molecule has 1 unspecified atom stereocenters. The first-order valence-corrected chi connectivity index (χ1v) is 6.34. The maximum atomic E-state index is 9.41. The highest BCUT2D eigenvalue weighted by molar-refractivity contribution is 4.80. The summed E-state index contributed by atoms with van der Waals surface area (Å²) in [6.07, 6.45) is 5.61. The maximum Gasteiger partial charge on any atom is 0.0541 e. The van der Waals surface area contributed by atoms with Crippen molar-refractivity contribution in [3.8, 4) is 0 Å². The molecule has 0 radical (unpaired) electrons. The fourth-order valence-electron chi connectivity index (χ4n) is 2.81. The maximum absolute atomic E-state index is 9.41. The molecule has 88 valence electrons. The van der Waals surface area contributed by atoms with Gasteiger partial charge in [0.25, 0.3) is 0 Å². The zero-order valence-corrected chi connectivity index (χ0v) is 9.78. The number of rotatable bonds is 3. The molecule has 3 nitrogen and oxygen atoms in total. The average Bonchev–Trinajstić information content (AvgIpc) is 2.64. The predicted octanol–water partition coefficient (Wildman–Crippen LogP) is 0.831. The van der Waals surface area contributed by atoms with E-state index in [-0.39, 0.29) is 6.10 Å². The first kappa shape index (κ1) is 11.4. The van der Waals surface area contributed by atoms with E-state index in [0.29, 0.717) is 6.04 Å². The average molecular weight is 212 g/mol. The van der Waals surface area contributed by atoms with Gasteiger partial charge >= 0.3 is 0 Å². The summed E-state index contributed by atoms with van der Waals surface area (Å²) in [5.74, 6) is 0.849. The van der Waals surface area contributed by atoms with Gasteiger partial charge in [-0.2, -0.15) is 0 Å². The Labute approximate surface area is 92.8 Å². The molecule has 2 N–H and O–H groups in total. The molecule has 1 atom stereocenters. The van der Waals surface area contributed by atoms with Crippen LogP contribution in [0.2, 0.25) is 0 Å². The molecule has 1 saturated heterocycles. The second kappa shape index (κ2) is 5.28. The van der Waals surface area contributed by atoms with Crippen LogP contribution in [0.15, 0.2) is 0 Å².